The van der Waals surface area contributed by atoms with Crippen LogP contribution >= 0.6 is 0 Å². The Hall–Kier alpha value is -0.0400. The second-order valence-electron chi connectivity index (χ2n) is 7.43. The van der Waals surface area contributed by atoms with Gasteiger partial charge in [-0.15, -0.1) is 0 Å². The van der Waals surface area contributed by atoms with Crippen molar-refractivity contribution in [2.24, 2.45) is 23.2 Å². The van der Waals surface area contributed by atoms with Crippen molar-refractivity contribution in [1.82, 2.24) is 0 Å². The molecule has 0 amide bonds. The van der Waals surface area contributed by atoms with Gasteiger partial charge in [0.2, 0.25) is 0 Å². The minimum absolute atomic E-state index is 0.00892. The van der Waals surface area contributed by atoms with Crippen molar-refractivity contribution in [3.05, 3.63) is 0 Å². The highest BCUT2D eigenvalue weighted by molar-refractivity contribution is 4.87. The van der Waals surface area contributed by atoms with Crippen LogP contribution in [0.15, 0.2) is 0 Å². The molecule has 2 fully saturated rings. The Morgan fingerprint density at radius 1 is 0.938 bits per heavy atom. The maximum Gasteiger partial charge on any atom is 0.0543 e. The maximum atomic E-state index is 9.77. The standard InChI is InChI=1S/C15H28O/c1-15(2,3)10-11-4-5-12-6-7-14(16)9-13(12)8-11/h11-14,16H,4-10H2,1-3H3. The molecule has 1 nitrogen and oxygen atoms in total. The van der Waals surface area contributed by atoms with Crippen LogP contribution in [0, 0.1) is 23.2 Å². The Kier molecular flexibility index (Phi) is 3.63. The average molecular weight is 224 g/mol. The summed E-state index contributed by atoms with van der Waals surface area (Å²) >= 11 is 0. The fourth-order valence-corrected chi connectivity index (χ4v) is 4.02. The lowest BCUT2D eigenvalue weighted by Gasteiger charge is -2.42. The highest BCUT2D eigenvalue weighted by Crippen LogP contribution is 2.45. The molecule has 16 heavy (non-hydrogen) atoms. The van der Waals surface area contributed by atoms with E-state index in [2.05, 4.69) is 20.8 Å². The molecule has 4 unspecified atom stereocenters. The molecule has 0 bridgehead atoms. The third-order valence-electron chi connectivity index (χ3n) is 4.60. The molecular formula is C15H28O. The molecule has 0 aliphatic heterocycles. The summed E-state index contributed by atoms with van der Waals surface area (Å²) in [5.41, 5.74) is 0.477. The predicted octanol–water partition coefficient (Wildman–Crippen LogP) is 4.00. The first kappa shape index (κ1) is 12.4. The number of hydrogen-bond acceptors (Lipinski definition) is 1. The Labute approximate surface area is 101 Å². The van der Waals surface area contributed by atoms with Crippen molar-refractivity contribution in [1.29, 1.82) is 0 Å². The van der Waals surface area contributed by atoms with E-state index in [9.17, 15) is 5.11 Å². The Bertz CT molecular complexity index is 228. The minimum atomic E-state index is 0.00892. The van der Waals surface area contributed by atoms with Crippen molar-refractivity contribution in [2.45, 2.75) is 71.8 Å². The van der Waals surface area contributed by atoms with Gasteiger partial charge in [-0.3, -0.25) is 0 Å². The molecule has 2 aliphatic rings. The highest BCUT2D eigenvalue weighted by atomic mass is 16.3. The average Bonchev–Trinajstić information content (AvgIpc) is 2.14. The van der Waals surface area contributed by atoms with Gasteiger partial charge >= 0.3 is 0 Å². The van der Waals surface area contributed by atoms with Crippen molar-refractivity contribution >= 4 is 0 Å². The van der Waals surface area contributed by atoms with Crippen molar-refractivity contribution in [3.8, 4) is 0 Å². The van der Waals surface area contributed by atoms with E-state index in [-0.39, 0.29) is 6.10 Å². The summed E-state index contributed by atoms with van der Waals surface area (Å²) in [4.78, 5) is 0. The van der Waals surface area contributed by atoms with Crippen molar-refractivity contribution < 1.29 is 5.11 Å². The Morgan fingerprint density at radius 2 is 1.62 bits per heavy atom. The molecule has 1 heteroatoms. The van der Waals surface area contributed by atoms with Gasteiger partial charge in [-0.1, -0.05) is 27.2 Å². The van der Waals surface area contributed by atoms with Gasteiger partial charge in [-0.25, -0.2) is 0 Å². The zero-order valence-electron chi connectivity index (χ0n) is 11.2. The number of rotatable bonds is 1. The summed E-state index contributed by atoms with van der Waals surface area (Å²) < 4.78 is 0. The van der Waals surface area contributed by atoms with Crippen LogP contribution in [0.4, 0.5) is 0 Å². The molecule has 0 aromatic carbocycles. The first-order valence-electron chi connectivity index (χ1n) is 7.12. The van der Waals surface area contributed by atoms with E-state index in [0.29, 0.717) is 5.41 Å². The zero-order valence-corrected chi connectivity index (χ0v) is 11.2. The van der Waals surface area contributed by atoms with Gasteiger partial charge in [0.1, 0.15) is 0 Å². The number of aliphatic hydroxyl groups excluding tert-OH is 1. The van der Waals surface area contributed by atoms with Gasteiger partial charge in [0, 0.05) is 0 Å². The smallest absolute Gasteiger partial charge is 0.0543 e. The molecule has 0 aromatic rings. The van der Waals surface area contributed by atoms with E-state index >= 15 is 0 Å². The first-order chi connectivity index (χ1) is 7.44. The summed E-state index contributed by atoms with van der Waals surface area (Å²) in [6.07, 6.45) is 9.07. The zero-order chi connectivity index (χ0) is 11.8. The lowest BCUT2D eigenvalue weighted by molar-refractivity contribution is 0.0283. The summed E-state index contributed by atoms with van der Waals surface area (Å²) in [5.74, 6) is 2.70. The Morgan fingerprint density at radius 3 is 2.31 bits per heavy atom. The van der Waals surface area contributed by atoms with E-state index in [4.69, 9.17) is 0 Å². The second-order valence-corrected chi connectivity index (χ2v) is 7.43. The second kappa shape index (κ2) is 4.68. The number of aliphatic hydroxyl groups is 1. The summed E-state index contributed by atoms with van der Waals surface area (Å²) in [6, 6.07) is 0. The lowest BCUT2D eigenvalue weighted by Crippen LogP contribution is -2.34. The van der Waals surface area contributed by atoms with E-state index in [1.165, 1.54) is 32.1 Å². The molecular weight excluding hydrogens is 196 g/mol. The largest absolute Gasteiger partial charge is 0.393 e. The van der Waals surface area contributed by atoms with Gasteiger partial charge < -0.3 is 5.11 Å². The van der Waals surface area contributed by atoms with Crippen LogP contribution in [0.3, 0.4) is 0 Å². The van der Waals surface area contributed by atoms with Crippen LogP contribution in [0.25, 0.3) is 0 Å². The Balaban J connectivity index is 1.88. The quantitative estimate of drug-likeness (QED) is 0.714. The minimum Gasteiger partial charge on any atom is -0.393 e. The van der Waals surface area contributed by atoms with Gasteiger partial charge in [0.05, 0.1) is 6.10 Å². The molecule has 0 saturated heterocycles. The van der Waals surface area contributed by atoms with E-state index in [1.54, 1.807) is 0 Å². The van der Waals surface area contributed by atoms with Crippen LogP contribution in [0.1, 0.15) is 65.7 Å². The fourth-order valence-electron chi connectivity index (χ4n) is 4.02. The van der Waals surface area contributed by atoms with Crippen LogP contribution in [-0.2, 0) is 0 Å². The molecule has 0 radical (unpaired) electrons. The third kappa shape index (κ3) is 3.23. The van der Waals surface area contributed by atoms with E-state index in [1.807, 2.05) is 0 Å². The van der Waals surface area contributed by atoms with E-state index < -0.39 is 0 Å². The topological polar surface area (TPSA) is 20.2 Å². The van der Waals surface area contributed by atoms with Crippen molar-refractivity contribution in [3.63, 3.8) is 0 Å². The van der Waals surface area contributed by atoms with Gasteiger partial charge in [-0.05, 0) is 61.7 Å². The fraction of sp³-hybridized carbons (Fsp3) is 1.00. The molecule has 0 aromatic heterocycles. The maximum absolute atomic E-state index is 9.77. The number of fused-ring (bicyclic) bond motifs is 1. The van der Waals surface area contributed by atoms with Gasteiger partial charge in [0.15, 0.2) is 0 Å². The summed E-state index contributed by atoms with van der Waals surface area (Å²) in [5, 5.41) is 9.77. The SMILES string of the molecule is CC(C)(C)CC1CCC2CCC(O)CC2C1. The molecule has 94 valence electrons. The lowest BCUT2D eigenvalue weighted by atomic mass is 9.64. The summed E-state index contributed by atoms with van der Waals surface area (Å²) in [7, 11) is 0. The summed E-state index contributed by atoms with van der Waals surface area (Å²) in [6.45, 7) is 7.07. The third-order valence-corrected chi connectivity index (χ3v) is 4.60. The highest BCUT2D eigenvalue weighted by Gasteiger charge is 2.35. The van der Waals surface area contributed by atoms with Crippen LogP contribution in [0.5, 0.6) is 0 Å². The van der Waals surface area contributed by atoms with Crippen LogP contribution in [0.2, 0.25) is 0 Å². The van der Waals surface area contributed by atoms with Gasteiger partial charge in [-0.2, -0.15) is 0 Å². The number of hydrogen-bond donors (Lipinski definition) is 1. The molecule has 2 saturated carbocycles. The molecule has 1 N–H and O–H groups in total. The van der Waals surface area contributed by atoms with Crippen LogP contribution < -0.4 is 0 Å². The molecule has 0 heterocycles. The molecule has 2 aliphatic carbocycles. The van der Waals surface area contributed by atoms with E-state index in [0.717, 1.165) is 30.6 Å². The first-order valence-corrected chi connectivity index (χ1v) is 7.12. The van der Waals surface area contributed by atoms with Crippen molar-refractivity contribution in [2.75, 3.05) is 0 Å². The predicted molar refractivity (Wildman–Crippen MR) is 68.3 cm³/mol. The van der Waals surface area contributed by atoms with Gasteiger partial charge in [0.25, 0.3) is 0 Å². The monoisotopic (exact) mass is 224 g/mol. The normalized spacial score (nSPS) is 40.5. The van der Waals surface area contributed by atoms with Crippen LogP contribution in [-0.4, -0.2) is 11.2 Å². The molecule has 2 rings (SSSR count). The molecule has 0 spiro atoms. The molecule has 4 atom stereocenters.